The van der Waals surface area contributed by atoms with Gasteiger partial charge in [-0.3, -0.25) is 14.5 Å². The maximum Gasteiger partial charge on any atom is 0.322 e. The standard InChI is InChI=1S/C33H37Cl2N5O4/c1-2-44-30(41)21-23-6-5-7-26(18-23)36-32(42)25-8-10-27(11-9-25)39-14-16-40(17-15-39)33(43)37-31-28(34)19-24(20-29(31)35)22-38-12-3-4-13-38/h5-11,18-20H,2-4,12-17,21-22H2,1H3,(H,36,42)(H,37,43). The van der Waals surface area contributed by atoms with Gasteiger partial charge in [-0.15, -0.1) is 0 Å². The van der Waals surface area contributed by atoms with Gasteiger partial charge < -0.3 is 25.2 Å². The molecule has 0 aromatic heterocycles. The van der Waals surface area contributed by atoms with Crippen molar-refractivity contribution in [2.75, 3.05) is 61.4 Å². The summed E-state index contributed by atoms with van der Waals surface area (Å²) >= 11 is 13.1. The average Bonchev–Trinajstić information content (AvgIpc) is 3.52. The number of hydrogen-bond donors (Lipinski definition) is 2. The lowest BCUT2D eigenvalue weighted by Crippen LogP contribution is -2.50. The Bertz CT molecular complexity index is 1460. The molecular formula is C33H37Cl2N5O4. The molecule has 44 heavy (non-hydrogen) atoms. The van der Waals surface area contributed by atoms with E-state index >= 15 is 0 Å². The van der Waals surface area contributed by atoms with Gasteiger partial charge in [0.05, 0.1) is 28.8 Å². The van der Waals surface area contributed by atoms with Crippen molar-refractivity contribution in [3.8, 4) is 0 Å². The van der Waals surface area contributed by atoms with E-state index in [9.17, 15) is 14.4 Å². The van der Waals surface area contributed by atoms with Crippen LogP contribution in [0.1, 0.15) is 41.3 Å². The number of ether oxygens (including phenoxy) is 1. The largest absolute Gasteiger partial charge is 0.466 e. The number of amides is 3. The summed E-state index contributed by atoms with van der Waals surface area (Å²) in [5.41, 5.74) is 4.33. The van der Waals surface area contributed by atoms with Crippen LogP contribution in [0.2, 0.25) is 10.0 Å². The van der Waals surface area contributed by atoms with Gasteiger partial charge >= 0.3 is 12.0 Å². The molecular weight excluding hydrogens is 601 g/mol. The van der Waals surface area contributed by atoms with Gasteiger partial charge in [0.1, 0.15) is 0 Å². The zero-order chi connectivity index (χ0) is 31.1. The maximum absolute atomic E-state index is 13.1. The van der Waals surface area contributed by atoms with Crippen molar-refractivity contribution in [2.24, 2.45) is 0 Å². The van der Waals surface area contributed by atoms with Crippen LogP contribution in [0.15, 0.2) is 60.7 Å². The molecule has 3 aromatic rings. The highest BCUT2D eigenvalue weighted by atomic mass is 35.5. The normalized spacial score (nSPS) is 15.2. The van der Waals surface area contributed by atoms with Crippen LogP contribution in [0.4, 0.5) is 21.9 Å². The molecule has 9 nitrogen and oxygen atoms in total. The molecule has 3 amide bonds. The molecule has 2 N–H and O–H groups in total. The molecule has 3 aromatic carbocycles. The smallest absolute Gasteiger partial charge is 0.322 e. The molecule has 0 atom stereocenters. The van der Waals surface area contributed by atoms with Crippen molar-refractivity contribution in [1.82, 2.24) is 9.80 Å². The average molecular weight is 639 g/mol. The van der Waals surface area contributed by atoms with E-state index in [0.29, 0.717) is 59.8 Å². The lowest BCUT2D eigenvalue weighted by Gasteiger charge is -2.36. The Morgan fingerprint density at radius 1 is 0.818 bits per heavy atom. The van der Waals surface area contributed by atoms with E-state index in [4.69, 9.17) is 27.9 Å². The van der Waals surface area contributed by atoms with Crippen LogP contribution in [0.25, 0.3) is 0 Å². The molecule has 0 aliphatic carbocycles. The van der Waals surface area contributed by atoms with Gasteiger partial charge in [-0.1, -0.05) is 35.3 Å². The van der Waals surface area contributed by atoms with Gasteiger partial charge in [-0.25, -0.2) is 4.79 Å². The fraction of sp³-hybridized carbons (Fsp3) is 0.364. The van der Waals surface area contributed by atoms with Crippen molar-refractivity contribution in [3.05, 3.63) is 87.4 Å². The Balaban J connectivity index is 1.11. The minimum atomic E-state index is -0.306. The zero-order valence-electron chi connectivity index (χ0n) is 24.8. The van der Waals surface area contributed by atoms with Crippen molar-refractivity contribution >= 4 is 58.2 Å². The third-order valence-corrected chi connectivity index (χ3v) is 8.44. The molecule has 0 spiro atoms. The molecule has 0 saturated carbocycles. The topological polar surface area (TPSA) is 94.2 Å². The minimum Gasteiger partial charge on any atom is -0.466 e. The number of nitrogens with zero attached hydrogens (tertiary/aromatic N) is 3. The van der Waals surface area contributed by atoms with E-state index in [1.165, 1.54) is 12.8 Å². The maximum atomic E-state index is 13.1. The molecule has 2 aliphatic heterocycles. The fourth-order valence-electron chi connectivity index (χ4n) is 5.55. The first-order valence-electron chi connectivity index (χ1n) is 15.0. The molecule has 2 fully saturated rings. The monoisotopic (exact) mass is 637 g/mol. The number of likely N-dealkylation sites (tertiary alicyclic amines) is 1. The molecule has 11 heteroatoms. The quantitative estimate of drug-likeness (QED) is 0.267. The lowest BCUT2D eigenvalue weighted by atomic mass is 10.1. The van der Waals surface area contributed by atoms with Gasteiger partial charge in [0.15, 0.2) is 0 Å². The molecule has 2 heterocycles. The van der Waals surface area contributed by atoms with E-state index in [0.717, 1.165) is 36.4 Å². The zero-order valence-corrected chi connectivity index (χ0v) is 26.3. The Morgan fingerprint density at radius 3 is 2.16 bits per heavy atom. The second-order valence-electron chi connectivity index (χ2n) is 11.0. The minimum absolute atomic E-state index is 0.148. The molecule has 0 unspecified atom stereocenters. The number of hydrogen-bond acceptors (Lipinski definition) is 6. The number of benzene rings is 3. The highest BCUT2D eigenvalue weighted by Gasteiger charge is 2.23. The van der Waals surface area contributed by atoms with Crippen LogP contribution in [0, 0.1) is 0 Å². The second-order valence-corrected chi connectivity index (χ2v) is 11.8. The van der Waals surface area contributed by atoms with Crippen molar-refractivity contribution < 1.29 is 19.1 Å². The Morgan fingerprint density at radius 2 is 1.50 bits per heavy atom. The fourth-order valence-corrected chi connectivity index (χ4v) is 6.18. The van der Waals surface area contributed by atoms with Gasteiger partial charge in [-0.05, 0) is 92.5 Å². The molecule has 5 rings (SSSR count). The number of carbonyl (C=O) groups excluding carboxylic acids is 3. The third-order valence-electron chi connectivity index (χ3n) is 7.84. The van der Waals surface area contributed by atoms with E-state index in [-0.39, 0.29) is 24.3 Å². The van der Waals surface area contributed by atoms with E-state index < -0.39 is 0 Å². The van der Waals surface area contributed by atoms with Crippen LogP contribution in [-0.4, -0.2) is 73.6 Å². The van der Waals surface area contributed by atoms with Crippen LogP contribution >= 0.6 is 23.2 Å². The van der Waals surface area contributed by atoms with Crippen molar-refractivity contribution in [2.45, 2.75) is 32.7 Å². The first-order valence-corrected chi connectivity index (χ1v) is 15.7. The van der Waals surface area contributed by atoms with Crippen LogP contribution in [0.3, 0.4) is 0 Å². The summed E-state index contributed by atoms with van der Waals surface area (Å²) in [6, 6.07) is 18.1. The number of nitrogens with one attached hydrogen (secondary N) is 2. The molecule has 0 radical (unpaired) electrons. The summed E-state index contributed by atoms with van der Waals surface area (Å²) < 4.78 is 5.00. The second kappa shape index (κ2) is 14.8. The van der Waals surface area contributed by atoms with E-state index in [1.807, 2.05) is 30.3 Å². The van der Waals surface area contributed by atoms with Crippen LogP contribution < -0.4 is 15.5 Å². The highest BCUT2D eigenvalue weighted by molar-refractivity contribution is 6.39. The number of piperazine rings is 1. The summed E-state index contributed by atoms with van der Waals surface area (Å²) in [5, 5.41) is 6.67. The molecule has 2 aliphatic rings. The van der Waals surface area contributed by atoms with Crippen LogP contribution in [-0.2, 0) is 22.5 Å². The summed E-state index contributed by atoms with van der Waals surface area (Å²) in [7, 11) is 0. The summed E-state index contributed by atoms with van der Waals surface area (Å²) in [6.45, 7) is 7.39. The number of carbonyl (C=O) groups is 3. The number of esters is 1. The summed E-state index contributed by atoms with van der Waals surface area (Å²) in [6.07, 6.45) is 2.57. The van der Waals surface area contributed by atoms with Gasteiger partial charge in [-0.2, -0.15) is 0 Å². The van der Waals surface area contributed by atoms with Crippen LogP contribution in [0.5, 0.6) is 0 Å². The SMILES string of the molecule is CCOC(=O)Cc1cccc(NC(=O)c2ccc(N3CCN(C(=O)Nc4c(Cl)cc(CN5CCCC5)cc4Cl)CC3)cc2)c1. The molecule has 232 valence electrons. The molecule has 2 saturated heterocycles. The van der Waals surface area contributed by atoms with Crippen molar-refractivity contribution in [3.63, 3.8) is 0 Å². The first kappa shape index (κ1) is 31.6. The number of rotatable bonds is 9. The number of urea groups is 1. The Labute approximate surface area is 268 Å². The lowest BCUT2D eigenvalue weighted by molar-refractivity contribution is -0.142. The number of anilines is 3. The Kier molecular flexibility index (Phi) is 10.6. The number of halogens is 2. The predicted molar refractivity (Wildman–Crippen MR) is 175 cm³/mol. The predicted octanol–water partition coefficient (Wildman–Crippen LogP) is 6.30. The summed E-state index contributed by atoms with van der Waals surface area (Å²) in [5.74, 6) is -0.549. The van der Waals surface area contributed by atoms with Gasteiger partial charge in [0.2, 0.25) is 0 Å². The van der Waals surface area contributed by atoms with E-state index in [2.05, 4.69) is 20.4 Å². The van der Waals surface area contributed by atoms with Gasteiger partial charge in [0.25, 0.3) is 5.91 Å². The summed E-state index contributed by atoms with van der Waals surface area (Å²) in [4.78, 5) is 44.0. The molecule has 0 bridgehead atoms. The first-order chi connectivity index (χ1) is 21.3. The van der Waals surface area contributed by atoms with Gasteiger partial charge in [0, 0.05) is 49.7 Å². The Hall–Kier alpha value is -3.79. The third kappa shape index (κ3) is 8.22. The van der Waals surface area contributed by atoms with E-state index in [1.54, 1.807) is 42.2 Å². The highest BCUT2D eigenvalue weighted by Crippen LogP contribution is 2.33. The van der Waals surface area contributed by atoms with Crippen molar-refractivity contribution in [1.29, 1.82) is 0 Å².